The number of aromatic nitrogens is 2. The molecule has 0 aromatic carbocycles. The lowest BCUT2D eigenvalue weighted by atomic mass is 10.1. The number of carbonyl (C=O) groups excluding carboxylic acids is 1. The van der Waals surface area contributed by atoms with Gasteiger partial charge in [-0.2, -0.15) is 4.98 Å². The zero-order valence-corrected chi connectivity index (χ0v) is 12.5. The number of nitrogens with zero attached hydrogens (tertiary/aromatic N) is 2. The Labute approximate surface area is 115 Å². The fraction of sp³-hybridized carbons (Fsp3) is 0.545. The van der Waals surface area contributed by atoms with Gasteiger partial charge in [0, 0.05) is 11.7 Å². The first-order valence-electron chi connectivity index (χ1n) is 5.55. The number of nitrogens with one attached hydrogen (secondary N) is 2. The molecule has 0 aliphatic carbocycles. The van der Waals surface area contributed by atoms with Crippen molar-refractivity contribution in [2.75, 3.05) is 11.1 Å². The van der Waals surface area contributed by atoms with Crippen LogP contribution < -0.4 is 16.4 Å². The highest BCUT2D eigenvalue weighted by molar-refractivity contribution is 9.10. The summed E-state index contributed by atoms with van der Waals surface area (Å²) in [6.07, 6.45) is 1.54. The van der Waals surface area contributed by atoms with E-state index in [4.69, 9.17) is 5.73 Å². The molecule has 0 saturated heterocycles. The Balaban J connectivity index is 2.72. The van der Waals surface area contributed by atoms with Gasteiger partial charge in [0.1, 0.15) is 11.9 Å². The molecule has 1 aromatic rings. The second-order valence-electron chi connectivity index (χ2n) is 5.03. The number of anilines is 2. The summed E-state index contributed by atoms with van der Waals surface area (Å²) in [6, 6.07) is -0.421. The van der Waals surface area contributed by atoms with E-state index in [9.17, 15) is 4.79 Å². The monoisotopic (exact) mass is 315 g/mol. The van der Waals surface area contributed by atoms with Crippen molar-refractivity contribution in [3.05, 3.63) is 10.7 Å². The van der Waals surface area contributed by atoms with Crippen LogP contribution >= 0.6 is 15.9 Å². The van der Waals surface area contributed by atoms with Crippen LogP contribution in [0.15, 0.2) is 10.7 Å². The molecule has 0 aliphatic heterocycles. The van der Waals surface area contributed by atoms with Gasteiger partial charge in [-0.25, -0.2) is 4.98 Å². The predicted molar refractivity (Wildman–Crippen MR) is 75.1 cm³/mol. The lowest BCUT2D eigenvalue weighted by Gasteiger charge is -2.24. The fourth-order valence-corrected chi connectivity index (χ4v) is 1.54. The normalized spacial score (nSPS) is 12.9. The average molecular weight is 316 g/mol. The zero-order valence-electron chi connectivity index (χ0n) is 10.9. The van der Waals surface area contributed by atoms with Crippen molar-refractivity contribution in [1.82, 2.24) is 15.3 Å². The zero-order chi connectivity index (χ0) is 13.9. The number of halogens is 1. The Morgan fingerprint density at radius 2 is 2.11 bits per heavy atom. The highest BCUT2D eigenvalue weighted by atomic mass is 79.9. The maximum absolute atomic E-state index is 11.9. The van der Waals surface area contributed by atoms with Crippen molar-refractivity contribution in [3.63, 3.8) is 0 Å². The van der Waals surface area contributed by atoms with Gasteiger partial charge in [0.05, 0.1) is 4.47 Å². The molecule has 1 amide bonds. The first-order valence-corrected chi connectivity index (χ1v) is 6.35. The molecule has 0 fully saturated rings. The number of hydrogen-bond donors (Lipinski definition) is 3. The smallest absolute Gasteiger partial charge is 0.242 e. The number of nitrogens with two attached hydrogens (primary N) is 1. The van der Waals surface area contributed by atoms with Gasteiger partial charge in [0.25, 0.3) is 0 Å². The van der Waals surface area contributed by atoms with E-state index in [-0.39, 0.29) is 17.4 Å². The van der Waals surface area contributed by atoms with E-state index < -0.39 is 6.04 Å². The van der Waals surface area contributed by atoms with Crippen LogP contribution in [0.4, 0.5) is 11.8 Å². The van der Waals surface area contributed by atoms with Crippen molar-refractivity contribution in [3.8, 4) is 0 Å². The number of nitrogen functional groups attached to an aromatic ring is 1. The van der Waals surface area contributed by atoms with E-state index in [1.807, 2.05) is 20.8 Å². The Hall–Kier alpha value is -1.37. The molecule has 1 unspecified atom stereocenters. The number of carbonyl (C=O) groups is 1. The molecule has 0 radical (unpaired) electrons. The van der Waals surface area contributed by atoms with E-state index in [1.54, 1.807) is 13.1 Å². The van der Waals surface area contributed by atoms with Crippen molar-refractivity contribution < 1.29 is 4.79 Å². The van der Waals surface area contributed by atoms with Crippen LogP contribution in [0.5, 0.6) is 0 Å². The van der Waals surface area contributed by atoms with Gasteiger partial charge in [-0.1, -0.05) is 0 Å². The Bertz CT molecular complexity index is 444. The van der Waals surface area contributed by atoms with Gasteiger partial charge in [-0.05, 0) is 43.6 Å². The van der Waals surface area contributed by atoms with Crippen molar-refractivity contribution in [1.29, 1.82) is 0 Å². The van der Waals surface area contributed by atoms with E-state index >= 15 is 0 Å². The molecule has 0 saturated carbocycles. The van der Waals surface area contributed by atoms with Gasteiger partial charge in [0.2, 0.25) is 11.9 Å². The van der Waals surface area contributed by atoms with Gasteiger partial charge in [-0.15, -0.1) is 0 Å². The standard InChI is InChI=1S/C11H18BrN5O/c1-6(9(18)17-11(2,3)4)15-8-7(12)5-14-10(13)16-8/h5-6H,1-4H3,(H,17,18)(H3,13,14,15,16). The molecular formula is C11H18BrN5O. The van der Waals surface area contributed by atoms with Gasteiger partial charge in [0.15, 0.2) is 0 Å². The third-order valence-electron chi connectivity index (χ3n) is 2.01. The summed E-state index contributed by atoms with van der Waals surface area (Å²) in [5, 5.41) is 5.87. The number of rotatable bonds is 3. The molecule has 100 valence electrons. The van der Waals surface area contributed by atoms with E-state index in [0.29, 0.717) is 10.3 Å². The van der Waals surface area contributed by atoms with Gasteiger partial charge >= 0.3 is 0 Å². The van der Waals surface area contributed by atoms with Gasteiger partial charge < -0.3 is 16.4 Å². The van der Waals surface area contributed by atoms with Crippen LogP contribution in [-0.4, -0.2) is 27.5 Å². The molecule has 1 atom stereocenters. The second kappa shape index (κ2) is 5.51. The van der Waals surface area contributed by atoms with E-state index in [1.165, 1.54) is 0 Å². The van der Waals surface area contributed by atoms with E-state index in [2.05, 4.69) is 36.5 Å². The third kappa shape index (κ3) is 4.48. The first kappa shape index (κ1) is 14.7. The lowest BCUT2D eigenvalue weighted by molar-refractivity contribution is -0.122. The van der Waals surface area contributed by atoms with Gasteiger partial charge in [-0.3, -0.25) is 4.79 Å². The molecule has 18 heavy (non-hydrogen) atoms. The summed E-state index contributed by atoms with van der Waals surface area (Å²) in [6.45, 7) is 7.54. The molecule has 0 spiro atoms. The predicted octanol–water partition coefficient (Wildman–Crippen LogP) is 1.54. The van der Waals surface area contributed by atoms with E-state index in [0.717, 1.165) is 0 Å². The van der Waals surface area contributed by atoms with Crippen molar-refractivity contribution >= 4 is 33.6 Å². The Kier molecular flexibility index (Phi) is 4.50. The molecular weight excluding hydrogens is 298 g/mol. The topological polar surface area (TPSA) is 92.9 Å². The fourth-order valence-electron chi connectivity index (χ4n) is 1.23. The minimum absolute atomic E-state index is 0.105. The van der Waals surface area contributed by atoms with Crippen LogP contribution in [0, 0.1) is 0 Å². The highest BCUT2D eigenvalue weighted by Gasteiger charge is 2.20. The quantitative estimate of drug-likeness (QED) is 0.786. The maximum Gasteiger partial charge on any atom is 0.242 e. The summed E-state index contributed by atoms with van der Waals surface area (Å²) in [4.78, 5) is 19.7. The number of amides is 1. The first-order chi connectivity index (χ1) is 8.19. The van der Waals surface area contributed by atoms with Crippen LogP contribution in [0.25, 0.3) is 0 Å². The molecule has 6 nitrogen and oxygen atoms in total. The molecule has 1 heterocycles. The Morgan fingerprint density at radius 3 is 2.67 bits per heavy atom. The van der Waals surface area contributed by atoms with Crippen LogP contribution in [0.3, 0.4) is 0 Å². The maximum atomic E-state index is 11.9. The van der Waals surface area contributed by atoms with Crippen LogP contribution in [0.2, 0.25) is 0 Å². The molecule has 0 aliphatic rings. The summed E-state index contributed by atoms with van der Waals surface area (Å²) < 4.78 is 0.659. The molecule has 0 bridgehead atoms. The lowest BCUT2D eigenvalue weighted by Crippen LogP contribution is -2.47. The summed E-state index contributed by atoms with van der Waals surface area (Å²) in [7, 11) is 0. The van der Waals surface area contributed by atoms with Crippen LogP contribution in [-0.2, 0) is 4.79 Å². The van der Waals surface area contributed by atoms with Crippen molar-refractivity contribution in [2.45, 2.75) is 39.3 Å². The van der Waals surface area contributed by atoms with Crippen LogP contribution in [0.1, 0.15) is 27.7 Å². The highest BCUT2D eigenvalue weighted by Crippen LogP contribution is 2.20. The minimum atomic E-state index is -0.421. The molecule has 1 rings (SSSR count). The minimum Gasteiger partial charge on any atom is -0.368 e. The summed E-state index contributed by atoms with van der Waals surface area (Å²) >= 11 is 3.29. The second-order valence-corrected chi connectivity index (χ2v) is 5.88. The SMILES string of the molecule is CC(Nc1nc(N)ncc1Br)C(=O)NC(C)(C)C. The van der Waals surface area contributed by atoms with Crippen molar-refractivity contribution in [2.24, 2.45) is 0 Å². The third-order valence-corrected chi connectivity index (χ3v) is 2.59. The number of hydrogen-bond acceptors (Lipinski definition) is 5. The average Bonchev–Trinajstić information content (AvgIpc) is 2.21. The summed E-state index contributed by atoms with van der Waals surface area (Å²) in [5.41, 5.74) is 5.23. The molecule has 4 N–H and O–H groups in total. The Morgan fingerprint density at radius 1 is 1.50 bits per heavy atom. The molecule has 1 aromatic heterocycles. The molecule has 7 heteroatoms. The summed E-state index contributed by atoms with van der Waals surface area (Å²) in [5.74, 6) is 0.551. The largest absolute Gasteiger partial charge is 0.368 e.